The lowest BCUT2D eigenvalue weighted by molar-refractivity contribution is -0.193. The minimum absolute atomic E-state index is 0.119. The van der Waals surface area contributed by atoms with Gasteiger partial charge in [0, 0.05) is 19.6 Å². The summed E-state index contributed by atoms with van der Waals surface area (Å²) < 4.78 is 74.2. The van der Waals surface area contributed by atoms with Crippen molar-refractivity contribution in [2.45, 2.75) is 130 Å². The zero-order valence-corrected chi connectivity index (χ0v) is 30.0. The van der Waals surface area contributed by atoms with E-state index in [0.29, 0.717) is 38.9 Å². The third kappa shape index (κ3) is 28.2. The molecule has 0 aliphatic rings. The molecule has 1 aromatic carbocycles. The van der Waals surface area contributed by atoms with E-state index >= 15 is 0 Å². The number of unbranched alkanes of at least 4 members (excludes halogenated alkanes) is 4. The predicted molar refractivity (Wildman–Crippen MR) is 175 cm³/mol. The van der Waals surface area contributed by atoms with Crippen LogP contribution in [0.1, 0.15) is 99.0 Å². The fraction of sp³-hybridized carbons (Fsp3) is 0.667. The summed E-state index contributed by atoms with van der Waals surface area (Å²) in [4.78, 5) is 57.8. The smallest absolute Gasteiger partial charge is 0.475 e. The zero-order chi connectivity index (χ0) is 40.1. The summed E-state index contributed by atoms with van der Waals surface area (Å²) in [7, 11) is 0. The number of hydrogen-bond donors (Lipinski definition) is 4. The van der Waals surface area contributed by atoms with Crippen molar-refractivity contribution in [1.29, 1.82) is 0 Å². The molecule has 12 nitrogen and oxygen atoms in total. The highest BCUT2D eigenvalue weighted by Gasteiger charge is 2.39. The molecule has 0 aliphatic heterocycles. The Kier molecular flexibility index (Phi) is 22.3. The second-order valence-corrected chi connectivity index (χ2v) is 13.0. The molecule has 51 heavy (non-hydrogen) atoms. The SMILES string of the molecule is CCCCCCN(Cc1ccccc1)C(=O)C(CCCCNC(=O)OC(C)(C)C)NC(=O)OC(C)(C)C.O=C(O)C(F)(F)F.O=C(O)C(F)(F)F. The average molecular weight is 748 g/mol. The largest absolute Gasteiger partial charge is 0.490 e. The number of hydrogen-bond acceptors (Lipinski definition) is 7. The monoisotopic (exact) mass is 747 g/mol. The molecule has 0 fully saturated rings. The van der Waals surface area contributed by atoms with Gasteiger partial charge in [0.25, 0.3) is 0 Å². The highest BCUT2D eigenvalue weighted by Crippen LogP contribution is 2.15. The van der Waals surface area contributed by atoms with E-state index < -0.39 is 53.7 Å². The van der Waals surface area contributed by atoms with Crippen molar-refractivity contribution in [2.24, 2.45) is 0 Å². The first-order valence-corrected chi connectivity index (χ1v) is 16.1. The Balaban J connectivity index is 0. The summed E-state index contributed by atoms with van der Waals surface area (Å²) in [5.74, 6) is -5.63. The van der Waals surface area contributed by atoms with Gasteiger partial charge in [-0.25, -0.2) is 19.2 Å². The zero-order valence-electron chi connectivity index (χ0n) is 30.0. The molecular weight excluding hydrogens is 696 g/mol. The number of alkyl carbamates (subject to hydrolysis) is 2. The summed E-state index contributed by atoms with van der Waals surface area (Å²) in [6.07, 6.45) is -5.32. The molecule has 0 saturated heterocycles. The third-order valence-electron chi connectivity index (χ3n) is 5.87. The normalized spacial score (nSPS) is 12.1. The van der Waals surface area contributed by atoms with Gasteiger partial charge in [0.2, 0.25) is 5.91 Å². The molecule has 1 atom stereocenters. The Bertz CT molecular complexity index is 1180. The number of ether oxygens (including phenoxy) is 2. The maximum absolute atomic E-state index is 13.7. The molecule has 294 valence electrons. The molecule has 0 aliphatic carbocycles. The number of nitrogens with one attached hydrogen (secondary N) is 2. The van der Waals surface area contributed by atoms with Crippen molar-refractivity contribution in [2.75, 3.05) is 13.1 Å². The fourth-order valence-electron chi connectivity index (χ4n) is 3.71. The molecule has 0 bridgehead atoms. The Morgan fingerprint density at radius 1 is 0.725 bits per heavy atom. The molecule has 18 heteroatoms. The molecule has 4 N–H and O–H groups in total. The van der Waals surface area contributed by atoms with Crippen molar-refractivity contribution in [3.05, 3.63) is 35.9 Å². The van der Waals surface area contributed by atoms with Gasteiger partial charge in [-0.2, -0.15) is 26.3 Å². The lowest BCUT2D eigenvalue weighted by Gasteiger charge is -2.29. The highest BCUT2D eigenvalue weighted by molar-refractivity contribution is 5.85. The summed E-state index contributed by atoms with van der Waals surface area (Å²) in [6, 6.07) is 9.17. The number of alkyl halides is 6. The van der Waals surface area contributed by atoms with Gasteiger partial charge in [-0.15, -0.1) is 0 Å². The van der Waals surface area contributed by atoms with Crippen LogP contribution in [0.3, 0.4) is 0 Å². The number of rotatable bonds is 14. The molecule has 3 amide bonds. The fourth-order valence-corrected chi connectivity index (χ4v) is 3.71. The number of aliphatic carboxylic acids is 2. The Labute approximate surface area is 294 Å². The third-order valence-corrected chi connectivity index (χ3v) is 5.87. The summed E-state index contributed by atoms with van der Waals surface area (Å²) in [5, 5.41) is 19.8. The van der Waals surface area contributed by atoms with Crippen LogP contribution in [0, 0.1) is 0 Å². The number of carbonyl (C=O) groups is 5. The van der Waals surface area contributed by atoms with Crippen LogP contribution in [0.4, 0.5) is 35.9 Å². The Morgan fingerprint density at radius 3 is 1.63 bits per heavy atom. The van der Waals surface area contributed by atoms with Crippen LogP contribution in [0.5, 0.6) is 0 Å². The predicted octanol–water partition coefficient (Wildman–Crippen LogP) is 7.45. The highest BCUT2D eigenvalue weighted by atomic mass is 19.4. The Morgan fingerprint density at radius 2 is 1.20 bits per heavy atom. The van der Waals surface area contributed by atoms with Crippen LogP contribution in [0.2, 0.25) is 0 Å². The van der Waals surface area contributed by atoms with Gasteiger partial charge in [0.05, 0.1) is 0 Å². The van der Waals surface area contributed by atoms with Crippen LogP contribution in [0.25, 0.3) is 0 Å². The topological polar surface area (TPSA) is 172 Å². The van der Waals surface area contributed by atoms with Gasteiger partial charge >= 0.3 is 36.5 Å². The van der Waals surface area contributed by atoms with E-state index in [1.165, 1.54) is 0 Å². The maximum atomic E-state index is 13.7. The van der Waals surface area contributed by atoms with Crippen LogP contribution < -0.4 is 10.6 Å². The van der Waals surface area contributed by atoms with Crippen LogP contribution in [-0.2, 0) is 30.4 Å². The first-order valence-electron chi connectivity index (χ1n) is 16.1. The van der Waals surface area contributed by atoms with Crippen LogP contribution >= 0.6 is 0 Å². The number of carbonyl (C=O) groups excluding carboxylic acids is 3. The number of amides is 3. The van der Waals surface area contributed by atoms with E-state index in [9.17, 15) is 40.7 Å². The van der Waals surface area contributed by atoms with E-state index in [1.807, 2.05) is 56.0 Å². The summed E-state index contributed by atoms with van der Waals surface area (Å²) in [5.41, 5.74) is -0.180. The van der Waals surface area contributed by atoms with Crippen molar-refractivity contribution in [3.63, 3.8) is 0 Å². The summed E-state index contributed by atoms with van der Waals surface area (Å²) >= 11 is 0. The molecule has 0 radical (unpaired) electrons. The molecule has 1 aromatic rings. The van der Waals surface area contributed by atoms with Gasteiger partial charge < -0.3 is 35.2 Å². The summed E-state index contributed by atoms with van der Waals surface area (Å²) in [6.45, 7) is 14.5. The molecule has 0 saturated carbocycles. The lowest BCUT2D eigenvalue weighted by Crippen LogP contribution is -2.49. The van der Waals surface area contributed by atoms with Crippen LogP contribution in [-0.4, -0.2) is 87.8 Å². The standard InChI is InChI=1S/C29H49N3O5.2C2HF3O2/c1-8-9-10-16-21-32(22-23-17-12-11-13-18-23)25(33)24(31-27(35)37-29(5,6)7)19-14-15-20-30-26(34)36-28(2,3)4;2*3-2(4,5)1(6)7/h11-13,17-18,24H,8-10,14-16,19-22H2,1-7H3,(H,30,34)(H,31,35);2*(H,6,7). The van der Waals surface area contributed by atoms with Gasteiger partial charge in [-0.05, 0) is 72.8 Å². The molecule has 0 spiro atoms. The molecule has 1 rings (SSSR count). The van der Waals surface area contributed by atoms with E-state index in [4.69, 9.17) is 29.3 Å². The minimum Gasteiger partial charge on any atom is -0.475 e. The number of carboxylic acids is 2. The quantitative estimate of drug-likeness (QED) is 0.111. The lowest BCUT2D eigenvalue weighted by atomic mass is 10.1. The number of carboxylic acid groups (broad SMARTS) is 2. The van der Waals surface area contributed by atoms with Gasteiger partial charge in [0.15, 0.2) is 0 Å². The van der Waals surface area contributed by atoms with E-state index in [-0.39, 0.29) is 5.91 Å². The number of halogens is 6. The first kappa shape index (κ1) is 48.9. The minimum atomic E-state index is -5.08. The van der Waals surface area contributed by atoms with Gasteiger partial charge in [-0.1, -0.05) is 56.5 Å². The van der Waals surface area contributed by atoms with Crippen molar-refractivity contribution in [3.8, 4) is 0 Å². The maximum Gasteiger partial charge on any atom is 0.490 e. The second-order valence-electron chi connectivity index (χ2n) is 13.0. The Hall–Kier alpha value is -4.25. The number of benzene rings is 1. The van der Waals surface area contributed by atoms with Gasteiger partial charge in [-0.3, -0.25) is 4.79 Å². The molecular formula is C33H51F6N3O9. The van der Waals surface area contributed by atoms with Crippen LogP contribution in [0.15, 0.2) is 30.3 Å². The van der Waals surface area contributed by atoms with Crippen molar-refractivity contribution < 1.29 is 70.0 Å². The van der Waals surface area contributed by atoms with E-state index in [0.717, 1.165) is 31.2 Å². The van der Waals surface area contributed by atoms with Gasteiger partial charge in [0.1, 0.15) is 17.2 Å². The van der Waals surface area contributed by atoms with E-state index in [1.54, 1.807) is 20.8 Å². The molecule has 0 heterocycles. The average Bonchev–Trinajstić information content (AvgIpc) is 2.96. The molecule has 1 unspecified atom stereocenters. The number of nitrogens with zero attached hydrogens (tertiary/aromatic N) is 1. The second kappa shape index (κ2) is 23.3. The first-order chi connectivity index (χ1) is 23.2. The molecule has 0 aromatic heterocycles. The van der Waals surface area contributed by atoms with Crippen molar-refractivity contribution >= 4 is 30.0 Å². The van der Waals surface area contributed by atoms with E-state index in [2.05, 4.69) is 17.6 Å². The van der Waals surface area contributed by atoms with Crippen molar-refractivity contribution in [1.82, 2.24) is 15.5 Å².